The maximum atomic E-state index is 4.14. The Morgan fingerprint density at radius 1 is 0.436 bits per heavy atom. The smallest absolute Gasteiger partial charge is 0.0190 e. The van der Waals surface area contributed by atoms with Crippen molar-refractivity contribution in [3.63, 3.8) is 0 Å². The van der Waals surface area contributed by atoms with Gasteiger partial charge in [-0.3, -0.25) is 0 Å². The summed E-state index contributed by atoms with van der Waals surface area (Å²) >= 11 is -3.27. The van der Waals surface area contributed by atoms with Crippen LogP contribution in [-0.2, 0) is 6.42 Å². The molecule has 39 heavy (non-hydrogen) atoms. The first-order valence-corrected chi connectivity index (χ1v) is 19.7. The Morgan fingerprint density at radius 3 is 1.28 bits per heavy atom. The molecule has 0 nitrogen and oxygen atoms in total. The van der Waals surface area contributed by atoms with Crippen molar-refractivity contribution in [3.05, 3.63) is 182 Å². The molecule has 5 rings (SSSR count). The first kappa shape index (κ1) is 28.1. The normalized spacial score (nSPS) is 10.6. The maximum absolute atomic E-state index is 4.14. The van der Waals surface area contributed by atoms with Gasteiger partial charge in [-0.25, -0.2) is 0 Å². The second-order valence-electron chi connectivity index (χ2n) is 9.45. The molecule has 0 aliphatic heterocycles. The molecular weight excluding hydrogens is 575 g/mol. The fraction of sp³-hybridized carbons (Fsp3) is 0.0526. The third-order valence-electron chi connectivity index (χ3n) is 7.24. The monoisotopic (exact) mass is 612 g/mol. The van der Waals surface area contributed by atoms with Crippen LogP contribution in [-0.4, -0.2) is 18.4 Å². The summed E-state index contributed by atoms with van der Waals surface area (Å²) in [5.74, 6) is 0. The van der Waals surface area contributed by atoms with E-state index in [0.29, 0.717) is 0 Å². The predicted octanol–water partition coefficient (Wildman–Crippen LogP) is 8.02. The van der Waals surface area contributed by atoms with Crippen molar-refractivity contribution < 1.29 is 0 Å². The summed E-state index contributed by atoms with van der Waals surface area (Å²) in [5, 5.41) is 0. The van der Waals surface area contributed by atoms with Gasteiger partial charge in [-0.2, -0.15) is 0 Å². The average molecular weight is 611 g/mol. The van der Waals surface area contributed by atoms with E-state index in [9.17, 15) is 0 Å². The van der Waals surface area contributed by atoms with Gasteiger partial charge in [0.1, 0.15) is 0 Å². The molecular formula is C38H36Sn. The van der Waals surface area contributed by atoms with Crippen LogP contribution in [0.1, 0.15) is 22.3 Å². The topological polar surface area (TPSA) is 0 Å². The van der Waals surface area contributed by atoms with Crippen LogP contribution >= 0.6 is 0 Å². The van der Waals surface area contributed by atoms with Gasteiger partial charge in [0.05, 0.1) is 0 Å². The largest absolute Gasteiger partial charge is 0.0984 e. The van der Waals surface area contributed by atoms with Gasteiger partial charge in [-0.15, -0.1) is 0 Å². The summed E-state index contributed by atoms with van der Waals surface area (Å²) in [6.07, 6.45) is 6.79. The number of benzene rings is 5. The van der Waals surface area contributed by atoms with Gasteiger partial charge in [0.15, 0.2) is 0 Å². The minimum atomic E-state index is -3.27. The zero-order valence-electron chi connectivity index (χ0n) is 22.5. The summed E-state index contributed by atoms with van der Waals surface area (Å²) < 4.78 is 5.76. The Balaban J connectivity index is 0.000000298. The van der Waals surface area contributed by atoms with Crippen molar-refractivity contribution in [2.45, 2.75) is 10.9 Å². The molecule has 0 bridgehead atoms. The van der Waals surface area contributed by atoms with Gasteiger partial charge in [0.2, 0.25) is 0 Å². The Hall–Kier alpha value is -3.88. The third-order valence-corrected chi connectivity index (χ3v) is 21.5. The van der Waals surface area contributed by atoms with Gasteiger partial charge in [0.25, 0.3) is 0 Å². The van der Waals surface area contributed by atoms with Gasteiger partial charge in [0, 0.05) is 0 Å². The Bertz CT molecular complexity index is 1420. The molecule has 0 heterocycles. The fourth-order valence-corrected chi connectivity index (χ4v) is 19.7. The number of aryl methyl sites for hydroxylation is 1. The van der Waals surface area contributed by atoms with E-state index < -0.39 is 18.4 Å². The second-order valence-corrected chi connectivity index (χ2v) is 20.9. The zero-order valence-corrected chi connectivity index (χ0v) is 25.4. The molecule has 0 saturated carbocycles. The zero-order chi connectivity index (χ0) is 27.3. The first-order valence-electron chi connectivity index (χ1n) is 13.4. The molecule has 0 aliphatic carbocycles. The van der Waals surface area contributed by atoms with Crippen molar-refractivity contribution in [1.29, 1.82) is 0 Å². The van der Waals surface area contributed by atoms with Gasteiger partial charge in [-0.05, 0) is 11.1 Å². The summed E-state index contributed by atoms with van der Waals surface area (Å²) in [6.45, 7) is 11.5. The maximum Gasteiger partial charge on any atom is -0.0190 e. The Kier molecular flexibility index (Phi) is 10.3. The Labute approximate surface area is 238 Å². The van der Waals surface area contributed by atoms with E-state index in [1.807, 2.05) is 42.5 Å². The van der Waals surface area contributed by atoms with E-state index in [-0.39, 0.29) is 0 Å². The predicted molar refractivity (Wildman–Crippen MR) is 176 cm³/mol. The summed E-state index contributed by atoms with van der Waals surface area (Å²) in [5.41, 5.74) is 4.97. The van der Waals surface area contributed by atoms with Crippen molar-refractivity contribution in [3.8, 4) is 0 Å². The van der Waals surface area contributed by atoms with Crippen molar-refractivity contribution in [1.82, 2.24) is 0 Å². The molecule has 0 atom stereocenters. The van der Waals surface area contributed by atoms with E-state index in [1.165, 1.54) is 26.3 Å². The van der Waals surface area contributed by atoms with E-state index in [4.69, 9.17) is 0 Å². The molecule has 0 fully saturated rings. The molecule has 1 heteroatoms. The van der Waals surface area contributed by atoms with Crippen molar-refractivity contribution in [2.75, 3.05) is 0 Å². The number of hydrogen-bond donors (Lipinski definition) is 0. The SMILES string of the molecule is C=Cc1cccc[c]1[Sn]([CH2]Cc1ccccc1)([c]1ccccc1)[c]1ccccc1.C=Cc1ccccc1C=C. The molecule has 0 aromatic heterocycles. The quantitative estimate of drug-likeness (QED) is 0.148. The number of hydrogen-bond acceptors (Lipinski definition) is 0. The van der Waals surface area contributed by atoms with E-state index in [2.05, 4.69) is 135 Å². The standard InChI is InChI=1S/C10H10.C8H9.C8H7.2C6H5.Sn/c1-3-9-7-5-6-8-10(9)4-2;2*1-2-8-6-4-3-5-7-8;2*1-2-4-6-5-3-1;/h3-8H,1-2H2;3-7H,1-2H2;2-6H,1H2;2*1-5H;. The minimum absolute atomic E-state index is 1.09. The average Bonchev–Trinajstić information content (AvgIpc) is 3.03. The van der Waals surface area contributed by atoms with Crippen LogP contribution in [0.3, 0.4) is 0 Å². The van der Waals surface area contributed by atoms with Gasteiger partial charge >= 0.3 is 179 Å². The Morgan fingerprint density at radius 2 is 0.821 bits per heavy atom. The van der Waals surface area contributed by atoms with E-state index in [0.717, 1.165) is 17.5 Å². The van der Waals surface area contributed by atoms with E-state index in [1.54, 1.807) is 0 Å². The van der Waals surface area contributed by atoms with Crippen LogP contribution in [0.15, 0.2) is 159 Å². The third kappa shape index (κ3) is 6.77. The molecule has 5 aromatic rings. The van der Waals surface area contributed by atoms with Crippen LogP contribution in [0, 0.1) is 0 Å². The molecule has 0 aliphatic rings. The molecule has 0 amide bonds. The second kappa shape index (κ2) is 14.3. The number of rotatable bonds is 9. The van der Waals surface area contributed by atoms with Gasteiger partial charge < -0.3 is 0 Å². The fourth-order valence-electron chi connectivity index (χ4n) is 5.27. The molecule has 5 aromatic carbocycles. The molecule has 192 valence electrons. The molecule has 0 saturated heterocycles. The summed E-state index contributed by atoms with van der Waals surface area (Å²) in [6, 6.07) is 50.3. The van der Waals surface area contributed by atoms with Crippen LogP contribution in [0.2, 0.25) is 4.44 Å². The van der Waals surface area contributed by atoms with Crippen LogP contribution in [0.5, 0.6) is 0 Å². The minimum Gasteiger partial charge on any atom is -0.0984 e. The summed E-state index contributed by atoms with van der Waals surface area (Å²) in [4.78, 5) is 0. The van der Waals surface area contributed by atoms with Crippen molar-refractivity contribution in [2.24, 2.45) is 0 Å². The van der Waals surface area contributed by atoms with Gasteiger partial charge in [-0.1, -0.05) is 49.6 Å². The molecule has 0 N–H and O–H groups in total. The van der Waals surface area contributed by atoms with E-state index >= 15 is 0 Å². The van der Waals surface area contributed by atoms with Crippen LogP contribution < -0.4 is 10.7 Å². The van der Waals surface area contributed by atoms with Crippen molar-refractivity contribution >= 4 is 47.3 Å². The molecule has 0 radical (unpaired) electrons. The van der Waals surface area contributed by atoms with Crippen LogP contribution in [0.4, 0.5) is 0 Å². The molecule has 0 spiro atoms. The molecule has 0 unspecified atom stereocenters. The summed E-state index contributed by atoms with van der Waals surface area (Å²) in [7, 11) is 0. The first-order chi connectivity index (χ1) is 19.2. The van der Waals surface area contributed by atoms with Crippen LogP contribution in [0.25, 0.3) is 18.2 Å².